The first kappa shape index (κ1) is 25.8. The third kappa shape index (κ3) is 6.07. The lowest BCUT2D eigenvalue weighted by Crippen LogP contribution is -2.36. The van der Waals surface area contributed by atoms with Crippen molar-refractivity contribution in [3.05, 3.63) is 113 Å². The molecule has 36 heavy (non-hydrogen) atoms. The van der Waals surface area contributed by atoms with Crippen LogP contribution in [-0.4, -0.2) is 29.5 Å². The van der Waals surface area contributed by atoms with E-state index in [-0.39, 0.29) is 23.9 Å². The van der Waals surface area contributed by atoms with E-state index in [9.17, 15) is 8.42 Å². The van der Waals surface area contributed by atoms with E-state index in [0.717, 1.165) is 16.7 Å². The van der Waals surface area contributed by atoms with E-state index in [1.807, 2.05) is 81.4 Å². The Hall–Kier alpha value is -3.33. The zero-order valence-electron chi connectivity index (χ0n) is 20.8. The zero-order valence-corrected chi connectivity index (χ0v) is 21.7. The molecule has 0 radical (unpaired) electrons. The molecule has 8 heteroatoms. The van der Waals surface area contributed by atoms with Crippen LogP contribution >= 0.6 is 0 Å². The first-order valence-corrected chi connectivity index (χ1v) is 13.4. The average Bonchev–Trinajstić information content (AvgIpc) is 3.37. The Kier molecular flexibility index (Phi) is 7.68. The van der Waals surface area contributed by atoms with Crippen molar-refractivity contribution < 1.29 is 12.8 Å². The van der Waals surface area contributed by atoms with Crippen LogP contribution in [0.2, 0.25) is 0 Å². The van der Waals surface area contributed by atoms with Crippen LogP contribution in [0.1, 0.15) is 48.2 Å². The van der Waals surface area contributed by atoms with E-state index in [0.29, 0.717) is 18.2 Å². The summed E-state index contributed by atoms with van der Waals surface area (Å²) in [6.07, 6.45) is 0.534. The van der Waals surface area contributed by atoms with E-state index in [1.54, 1.807) is 24.3 Å². The summed E-state index contributed by atoms with van der Waals surface area (Å²) in [6, 6.07) is 26.3. The molecule has 2 atom stereocenters. The molecule has 0 saturated heterocycles. The van der Waals surface area contributed by atoms with Crippen molar-refractivity contribution in [2.45, 2.75) is 50.1 Å². The van der Waals surface area contributed by atoms with Crippen molar-refractivity contribution in [3.8, 4) is 0 Å². The van der Waals surface area contributed by atoms with Crippen LogP contribution in [0.15, 0.2) is 94.2 Å². The van der Waals surface area contributed by atoms with Gasteiger partial charge in [-0.15, -0.1) is 10.2 Å². The predicted octanol–water partition coefficient (Wildman–Crippen LogP) is 4.79. The highest BCUT2D eigenvalue weighted by atomic mass is 32.2. The van der Waals surface area contributed by atoms with Gasteiger partial charge in [0.15, 0.2) is 0 Å². The molecule has 7 nitrogen and oxygen atoms in total. The Labute approximate surface area is 213 Å². The molecule has 0 fully saturated rings. The fourth-order valence-electron chi connectivity index (χ4n) is 4.04. The Balaban J connectivity index is 1.57. The molecule has 0 aliphatic rings. The van der Waals surface area contributed by atoms with Gasteiger partial charge in [0.05, 0.1) is 10.4 Å². The summed E-state index contributed by atoms with van der Waals surface area (Å²) in [5.74, 6) is 0.332. The summed E-state index contributed by atoms with van der Waals surface area (Å²) in [5, 5.41) is 8.45. The quantitative estimate of drug-likeness (QED) is 0.333. The van der Waals surface area contributed by atoms with E-state index >= 15 is 0 Å². The SMILES string of the molecule is Cc1ccc(S(=O)(=O)N(Cc2ccccc2)CC(C)c2nnc([C@](C)(N)Cc3ccccc3)o2)cc1. The van der Waals surface area contributed by atoms with Crippen LogP contribution in [0.3, 0.4) is 0 Å². The third-order valence-corrected chi connectivity index (χ3v) is 7.93. The van der Waals surface area contributed by atoms with E-state index in [2.05, 4.69) is 10.2 Å². The molecule has 4 rings (SSSR count). The summed E-state index contributed by atoms with van der Waals surface area (Å²) in [5.41, 5.74) is 8.64. The lowest BCUT2D eigenvalue weighted by atomic mass is 9.94. The lowest BCUT2D eigenvalue weighted by molar-refractivity contribution is 0.310. The van der Waals surface area contributed by atoms with Gasteiger partial charge in [0.1, 0.15) is 0 Å². The molecular weight excluding hydrogens is 472 g/mol. The van der Waals surface area contributed by atoms with Crippen LogP contribution in [0.4, 0.5) is 0 Å². The Morgan fingerprint density at radius 2 is 1.50 bits per heavy atom. The standard InChI is InChI=1S/C28H32N4O3S/c1-21-14-16-25(17-15-21)36(33,34)32(20-24-12-8-5-9-13-24)19-22(2)26-30-31-27(35-26)28(3,29)18-23-10-6-4-7-11-23/h4-17,22H,18-20,29H2,1-3H3/t22?,28-/m1/s1. The van der Waals surface area contributed by atoms with Crippen LogP contribution in [-0.2, 0) is 28.5 Å². The molecule has 0 bridgehead atoms. The number of sulfonamides is 1. The van der Waals surface area contributed by atoms with Crippen molar-refractivity contribution >= 4 is 10.0 Å². The molecule has 0 saturated carbocycles. The maximum absolute atomic E-state index is 13.6. The Morgan fingerprint density at radius 3 is 2.11 bits per heavy atom. The normalized spacial score (nSPS) is 14.5. The van der Waals surface area contributed by atoms with Gasteiger partial charge in [-0.1, -0.05) is 85.3 Å². The highest BCUT2D eigenvalue weighted by Crippen LogP contribution is 2.27. The summed E-state index contributed by atoms with van der Waals surface area (Å²) in [7, 11) is -3.76. The highest BCUT2D eigenvalue weighted by molar-refractivity contribution is 7.89. The molecule has 2 N–H and O–H groups in total. The minimum Gasteiger partial charge on any atom is -0.423 e. The van der Waals surface area contributed by atoms with Crippen molar-refractivity contribution in [1.29, 1.82) is 0 Å². The zero-order chi connectivity index (χ0) is 25.8. The minimum absolute atomic E-state index is 0.173. The number of benzene rings is 3. The number of hydrogen-bond donors (Lipinski definition) is 1. The van der Waals surface area contributed by atoms with Gasteiger partial charge >= 0.3 is 0 Å². The smallest absolute Gasteiger partial charge is 0.243 e. The van der Waals surface area contributed by atoms with Gasteiger partial charge < -0.3 is 10.2 Å². The van der Waals surface area contributed by atoms with Gasteiger partial charge in [0, 0.05) is 19.0 Å². The number of hydrogen-bond acceptors (Lipinski definition) is 6. The number of nitrogens with zero attached hydrogens (tertiary/aromatic N) is 3. The second-order valence-corrected chi connectivity index (χ2v) is 11.5. The fraction of sp³-hybridized carbons (Fsp3) is 0.286. The number of aromatic nitrogens is 2. The van der Waals surface area contributed by atoms with E-state index in [1.165, 1.54) is 4.31 Å². The topological polar surface area (TPSA) is 102 Å². The molecular formula is C28H32N4O3S. The van der Waals surface area contributed by atoms with Crippen LogP contribution < -0.4 is 5.73 Å². The summed E-state index contributed by atoms with van der Waals surface area (Å²) < 4.78 is 34.7. The van der Waals surface area contributed by atoms with Gasteiger partial charge in [-0.2, -0.15) is 4.31 Å². The number of nitrogens with two attached hydrogens (primary N) is 1. The maximum Gasteiger partial charge on any atom is 0.243 e. The first-order valence-electron chi connectivity index (χ1n) is 11.9. The van der Waals surface area contributed by atoms with E-state index < -0.39 is 15.6 Å². The molecule has 188 valence electrons. The molecule has 0 aliphatic carbocycles. The monoisotopic (exact) mass is 504 g/mol. The van der Waals surface area contributed by atoms with Crippen LogP contribution in [0.25, 0.3) is 0 Å². The number of rotatable bonds is 10. The highest BCUT2D eigenvalue weighted by Gasteiger charge is 2.32. The molecule has 4 aromatic rings. The third-order valence-electron chi connectivity index (χ3n) is 6.10. The summed E-state index contributed by atoms with van der Waals surface area (Å²) in [4.78, 5) is 0.250. The van der Waals surface area contributed by atoms with Crippen molar-refractivity contribution in [2.75, 3.05) is 6.54 Å². The van der Waals surface area contributed by atoms with Crippen molar-refractivity contribution in [1.82, 2.24) is 14.5 Å². The molecule has 1 unspecified atom stereocenters. The number of aryl methyl sites for hydroxylation is 1. The molecule has 1 heterocycles. The molecule has 3 aromatic carbocycles. The molecule has 1 aromatic heterocycles. The second kappa shape index (κ2) is 10.7. The molecule has 0 amide bonds. The molecule has 0 spiro atoms. The molecule has 0 aliphatic heterocycles. The fourth-order valence-corrected chi connectivity index (χ4v) is 5.55. The lowest BCUT2D eigenvalue weighted by Gasteiger charge is -2.24. The summed E-state index contributed by atoms with van der Waals surface area (Å²) in [6.45, 7) is 6.06. The van der Waals surface area contributed by atoms with Gasteiger partial charge in [0.2, 0.25) is 21.8 Å². The van der Waals surface area contributed by atoms with Crippen molar-refractivity contribution in [3.63, 3.8) is 0 Å². The van der Waals surface area contributed by atoms with E-state index in [4.69, 9.17) is 10.2 Å². The first-order chi connectivity index (χ1) is 17.1. The Morgan fingerprint density at radius 1 is 0.917 bits per heavy atom. The maximum atomic E-state index is 13.6. The van der Waals surface area contributed by atoms with Crippen LogP contribution in [0, 0.1) is 6.92 Å². The average molecular weight is 505 g/mol. The second-order valence-electron chi connectivity index (χ2n) is 9.52. The van der Waals surface area contributed by atoms with Gasteiger partial charge in [-0.3, -0.25) is 0 Å². The minimum atomic E-state index is -3.76. The van der Waals surface area contributed by atoms with Crippen LogP contribution in [0.5, 0.6) is 0 Å². The predicted molar refractivity (Wildman–Crippen MR) is 140 cm³/mol. The Bertz CT molecular complexity index is 1370. The van der Waals surface area contributed by atoms with Gasteiger partial charge in [-0.25, -0.2) is 8.42 Å². The summed E-state index contributed by atoms with van der Waals surface area (Å²) >= 11 is 0. The van der Waals surface area contributed by atoms with Gasteiger partial charge in [-0.05, 0) is 43.5 Å². The van der Waals surface area contributed by atoms with Crippen molar-refractivity contribution in [2.24, 2.45) is 5.73 Å². The largest absolute Gasteiger partial charge is 0.423 e. The van der Waals surface area contributed by atoms with Gasteiger partial charge in [0.25, 0.3) is 0 Å².